The average Bonchev–Trinajstić information content (AvgIpc) is 2.80. The Morgan fingerprint density at radius 2 is 2.21 bits per heavy atom. The first-order valence-electron chi connectivity index (χ1n) is 6.44. The lowest BCUT2D eigenvalue weighted by Gasteiger charge is -2.18. The van der Waals surface area contributed by atoms with Crippen LogP contribution in [0.4, 0.5) is 5.69 Å². The van der Waals surface area contributed by atoms with Crippen LogP contribution < -0.4 is 10.5 Å². The molecule has 0 aromatic heterocycles. The van der Waals surface area contributed by atoms with Gasteiger partial charge in [-0.25, -0.2) is 13.1 Å². The van der Waals surface area contributed by atoms with Crippen molar-refractivity contribution in [2.24, 2.45) is 0 Å². The molecule has 0 bridgehead atoms. The Bertz CT molecular complexity index is 524. The van der Waals surface area contributed by atoms with Crippen LogP contribution in [-0.4, -0.2) is 26.9 Å². The van der Waals surface area contributed by atoms with Crippen LogP contribution in [0.1, 0.15) is 31.4 Å². The minimum absolute atomic E-state index is 0.0179. The number of sulfonamides is 1. The van der Waals surface area contributed by atoms with Crippen molar-refractivity contribution in [3.63, 3.8) is 0 Å². The maximum Gasteiger partial charge on any atom is 0.214 e. The second kappa shape index (κ2) is 5.90. The number of hydrogen-bond donors (Lipinski definition) is 2. The molecule has 0 amide bonds. The molecule has 3 N–H and O–H groups in total. The largest absolute Gasteiger partial charge is 0.398 e. The molecule has 5 nitrogen and oxygen atoms in total. The number of nitrogens with two attached hydrogens (primary N) is 1. The molecule has 2 rings (SSSR count). The van der Waals surface area contributed by atoms with Gasteiger partial charge in [0.2, 0.25) is 10.0 Å². The Kier molecular flexibility index (Phi) is 4.44. The van der Waals surface area contributed by atoms with Crippen molar-refractivity contribution in [3.05, 3.63) is 29.8 Å². The van der Waals surface area contributed by atoms with Crippen LogP contribution in [0.3, 0.4) is 0 Å². The highest BCUT2D eigenvalue weighted by molar-refractivity contribution is 7.89. The first-order chi connectivity index (χ1) is 8.98. The third-order valence-electron chi connectivity index (χ3n) is 3.25. The number of para-hydroxylation sites is 1. The van der Waals surface area contributed by atoms with Gasteiger partial charge in [-0.1, -0.05) is 18.2 Å². The summed E-state index contributed by atoms with van der Waals surface area (Å²) in [6.07, 6.45) is 1.56. The molecule has 1 saturated heterocycles. The monoisotopic (exact) mass is 284 g/mol. The van der Waals surface area contributed by atoms with Crippen LogP contribution in [0.15, 0.2) is 24.3 Å². The summed E-state index contributed by atoms with van der Waals surface area (Å²) in [4.78, 5) is 0. The van der Waals surface area contributed by atoms with Crippen LogP contribution in [0.2, 0.25) is 0 Å². The standard InChI is InChI=1S/C13H20N2O3S/c1-10(12-6-2-3-7-13(12)14)15-19(16,17)9-11-5-4-8-18-11/h2-3,6-7,10-11,15H,4-5,8-9,14H2,1H3. The van der Waals surface area contributed by atoms with E-state index in [0.29, 0.717) is 12.3 Å². The van der Waals surface area contributed by atoms with Gasteiger partial charge in [0.1, 0.15) is 0 Å². The molecule has 6 heteroatoms. The van der Waals surface area contributed by atoms with Gasteiger partial charge in [-0.05, 0) is 31.4 Å². The summed E-state index contributed by atoms with van der Waals surface area (Å²) >= 11 is 0. The Morgan fingerprint density at radius 3 is 2.84 bits per heavy atom. The van der Waals surface area contributed by atoms with Crippen LogP contribution in [0.25, 0.3) is 0 Å². The van der Waals surface area contributed by atoms with Gasteiger partial charge in [-0.3, -0.25) is 0 Å². The number of nitrogen functional groups attached to an aromatic ring is 1. The maximum absolute atomic E-state index is 12.0. The minimum atomic E-state index is -3.36. The molecule has 106 valence electrons. The number of hydrogen-bond acceptors (Lipinski definition) is 4. The van der Waals surface area contributed by atoms with Gasteiger partial charge >= 0.3 is 0 Å². The third-order valence-corrected chi connectivity index (χ3v) is 4.77. The van der Waals surface area contributed by atoms with Crippen molar-refractivity contribution < 1.29 is 13.2 Å². The van der Waals surface area contributed by atoms with E-state index < -0.39 is 10.0 Å². The summed E-state index contributed by atoms with van der Waals surface area (Å²) in [6.45, 7) is 2.44. The molecule has 0 spiro atoms. The van der Waals surface area contributed by atoms with E-state index in [1.54, 1.807) is 13.0 Å². The third kappa shape index (κ3) is 3.92. The lowest BCUT2D eigenvalue weighted by atomic mass is 10.1. The zero-order valence-corrected chi connectivity index (χ0v) is 11.8. The van der Waals surface area contributed by atoms with Crippen LogP contribution in [-0.2, 0) is 14.8 Å². The van der Waals surface area contributed by atoms with Crippen molar-refractivity contribution >= 4 is 15.7 Å². The second-order valence-corrected chi connectivity index (χ2v) is 6.68. The molecule has 1 aliphatic heterocycles. The summed E-state index contributed by atoms with van der Waals surface area (Å²) in [6, 6.07) is 6.92. The van der Waals surface area contributed by atoms with Crippen molar-refractivity contribution in [3.8, 4) is 0 Å². The molecule has 1 fully saturated rings. The van der Waals surface area contributed by atoms with E-state index in [2.05, 4.69) is 4.72 Å². The Balaban J connectivity index is 2.01. The molecule has 19 heavy (non-hydrogen) atoms. The van der Waals surface area contributed by atoms with Gasteiger partial charge in [0, 0.05) is 18.3 Å². The SMILES string of the molecule is CC(NS(=O)(=O)CC1CCCO1)c1ccccc1N. The van der Waals surface area contributed by atoms with Gasteiger partial charge < -0.3 is 10.5 Å². The second-order valence-electron chi connectivity index (χ2n) is 4.88. The lowest BCUT2D eigenvalue weighted by Crippen LogP contribution is -2.33. The number of benzene rings is 1. The van der Waals surface area contributed by atoms with E-state index in [-0.39, 0.29) is 17.9 Å². The molecular formula is C13H20N2O3S. The van der Waals surface area contributed by atoms with Gasteiger partial charge in [0.15, 0.2) is 0 Å². The normalized spacial score (nSPS) is 21.4. The summed E-state index contributed by atoms with van der Waals surface area (Å²) in [7, 11) is -3.36. The smallest absolute Gasteiger partial charge is 0.214 e. The quantitative estimate of drug-likeness (QED) is 0.801. The van der Waals surface area contributed by atoms with E-state index in [1.807, 2.05) is 18.2 Å². The summed E-state index contributed by atoms with van der Waals surface area (Å²) in [5.41, 5.74) is 7.23. The fourth-order valence-electron chi connectivity index (χ4n) is 2.31. The van der Waals surface area contributed by atoms with Crippen molar-refractivity contribution in [2.45, 2.75) is 31.9 Å². The number of ether oxygens (including phenoxy) is 1. The van der Waals surface area contributed by atoms with E-state index in [1.165, 1.54) is 0 Å². The number of anilines is 1. The van der Waals surface area contributed by atoms with Crippen LogP contribution in [0.5, 0.6) is 0 Å². The average molecular weight is 284 g/mol. The summed E-state index contributed by atoms with van der Waals surface area (Å²) in [5, 5.41) is 0. The molecule has 0 aliphatic carbocycles. The minimum Gasteiger partial charge on any atom is -0.398 e. The van der Waals surface area contributed by atoms with Crippen molar-refractivity contribution in [1.29, 1.82) is 0 Å². The molecule has 1 aromatic carbocycles. The topological polar surface area (TPSA) is 81.4 Å². The van der Waals surface area contributed by atoms with E-state index >= 15 is 0 Å². The highest BCUT2D eigenvalue weighted by atomic mass is 32.2. The van der Waals surface area contributed by atoms with E-state index in [0.717, 1.165) is 18.4 Å². The predicted molar refractivity (Wildman–Crippen MR) is 75.2 cm³/mol. The van der Waals surface area contributed by atoms with Gasteiger partial charge in [-0.15, -0.1) is 0 Å². The van der Waals surface area contributed by atoms with Crippen LogP contribution in [0, 0.1) is 0 Å². The number of nitrogens with one attached hydrogen (secondary N) is 1. The Hall–Kier alpha value is -1.11. The Labute approximate surface area is 114 Å². The lowest BCUT2D eigenvalue weighted by molar-refractivity contribution is 0.127. The zero-order valence-electron chi connectivity index (χ0n) is 11.0. The summed E-state index contributed by atoms with van der Waals surface area (Å²) < 4.78 is 32.1. The van der Waals surface area contributed by atoms with Gasteiger partial charge in [0.05, 0.1) is 11.9 Å². The first kappa shape index (κ1) is 14.3. The molecular weight excluding hydrogens is 264 g/mol. The summed E-state index contributed by atoms with van der Waals surface area (Å²) in [5.74, 6) is 0.0179. The zero-order chi connectivity index (χ0) is 13.9. The first-order valence-corrected chi connectivity index (χ1v) is 8.09. The highest BCUT2D eigenvalue weighted by Crippen LogP contribution is 2.21. The van der Waals surface area contributed by atoms with Crippen molar-refractivity contribution in [1.82, 2.24) is 4.72 Å². The van der Waals surface area contributed by atoms with Crippen molar-refractivity contribution in [2.75, 3.05) is 18.1 Å². The van der Waals surface area contributed by atoms with Gasteiger partial charge in [-0.2, -0.15) is 0 Å². The van der Waals surface area contributed by atoms with E-state index in [4.69, 9.17) is 10.5 Å². The molecule has 1 aliphatic rings. The molecule has 1 heterocycles. The highest BCUT2D eigenvalue weighted by Gasteiger charge is 2.25. The maximum atomic E-state index is 12.0. The Morgan fingerprint density at radius 1 is 1.47 bits per heavy atom. The molecule has 0 radical (unpaired) electrons. The van der Waals surface area contributed by atoms with Gasteiger partial charge in [0.25, 0.3) is 0 Å². The van der Waals surface area contributed by atoms with Crippen LogP contribution >= 0.6 is 0 Å². The number of rotatable bonds is 5. The fourth-order valence-corrected chi connectivity index (χ4v) is 3.82. The molecule has 1 aromatic rings. The molecule has 2 atom stereocenters. The molecule has 0 saturated carbocycles. The molecule has 2 unspecified atom stereocenters. The van der Waals surface area contributed by atoms with E-state index in [9.17, 15) is 8.42 Å². The predicted octanol–water partition coefficient (Wildman–Crippen LogP) is 1.43. The fraction of sp³-hybridized carbons (Fsp3) is 0.538.